The lowest BCUT2D eigenvalue weighted by Gasteiger charge is -2.32. The number of halogens is 2. The smallest absolute Gasteiger partial charge is 0.317 e. The van der Waals surface area contributed by atoms with Crippen LogP contribution in [0.1, 0.15) is 52.9 Å². The summed E-state index contributed by atoms with van der Waals surface area (Å²) in [7, 11) is 0. The van der Waals surface area contributed by atoms with Crippen molar-refractivity contribution < 1.29 is 23.5 Å². The Morgan fingerprint density at radius 1 is 0.949 bits per heavy atom. The fourth-order valence-electron chi connectivity index (χ4n) is 6.83. The minimum Gasteiger partial charge on any atom is -0.487 e. The lowest BCUT2D eigenvalue weighted by atomic mass is 9.91. The first kappa shape index (κ1) is 41.0. The molecule has 6 aromatic rings. The Morgan fingerprint density at radius 2 is 1.83 bits per heavy atom. The van der Waals surface area contributed by atoms with Gasteiger partial charge in [0, 0.05) is 54.1 Å². The molecule has 4 heterocycles. The Bertz CT molecular complexity index is 2440. The van der Waals surface area contributed by atoms with Crippen LogP contribution in [-0.4, -0.2) is 63.8 Å². The first-order valence-electron chi connectivity index (χ1n) is 19.5. The standard InChI is InChI=1S/C45H43ClFN7O4S/c46-37-25-35(11-13-40(37)58-28-32-6-3-8-34(47)23-32)53-44-36-24-33(10-12-38(36)51-29-52-44)41-14-15-42(59-41)39(55)27-50-45(57)54-21-17-30(18-22-54)5-1-2-20-49-43(56)16-9-31-7-4-19-48-26-31/h3-4,6-16,19,23-26,29-30H,1-2,5,17-18,20-22,27-28H2,(H,49,56)(H,50,57)(H,51,52,53)/b16-9+. The second-order valence-electron chi connectivity index (χ2n) is 14.2. The topological polar surface area (TPSA) is 138 Å². The molecule has 1 aliphatic heterocycles. The van der Waals surface area contributed by atoms with E-state index in [0.717, 1.165) is 59.0 Å². The highest BCUT2D eigenvalue weighted by molar-refractivity contribution is 7.17. The van der Waals surface area contributed by atoms with Crippen LogP contribution in [0.2, 0.25) is 5.02 Å². The molecule has 1 aliphatic rings. The van der Waals surface area contributed by atoms with Crippen LogP contribution in [0.15, 0.2) is 110 Å². The summed E-state index contributed by atoms with van der Waals surface area (Å²) in [6.45, 7) is 2.01. The van der Waals surface area contributed by atoms with E-state index in [-0.39, 0.29) is 36.7 Å². The van der Waals surface area contributed by atoms with E-state index in [2.05, 4.69) is 30.9 Å². The van der Waals surface area contributed by atoms with Gasteiger partial charge in [0.15, 0.2) is 5.78 Å². The molecule has 11 nitrogen and oxygen atoms in total. The molecular formula is C45H43ClFN7O4S. The summed E-state index contributed by atoms with van der Waals surface area (Å²) < 4.78 is 19.4. The van der Waals surface area contributed by atoms with E-state index in [0.29, 0.717) is 58.3 Å². The van der Waals surface area contributed by atoms with E-state index in [1.54, 1.807) is 53.7 Å². The number of amides is 3. The van der Waals surface area contributed by atoms with Gasteiger partial charge in [-0.1, -0.05) is 48.7 Å². The lowest BCUT2D eigenvalue weighted by Crippen LogP contribution is -2.45. The number of rotatable bonds is 16. The van der Waals surface area contributed by atoms with Crippen molar-refractivity contribution in [2.45, 2.75) is 38.7 Å². The van der Waals surface area contributed by atoms with Crippen LogP contribution in [0, 0.1) is 11.7 Å². The molecule has 1 saturated heterocycles. The first-order valence-corrected chi connectivity index (χ1v) is 20.7. The molecule has 0 radical (unpaired) electrons. The van der Waals surface area contributed by atoms with E-state index in [1.165, 1.54) is 35.9 Å². The molecule has 0 saturated carbocycles. The quantitative estimate of drug-likeness (QED) is 0.0498. The van der Waals surface area contributed by atoms with E-state index < -0.39 is 0 Å². The zero-order chi connectivity index (χ0) is 41.0. The minimum absolute atomic E-state index is 0.0846. The highest BCUT2D eigenvalue weighted by Gasteiger charge is 2.23. The van der Waals surface area contributed by atoms with Crippen LogP contribution in [0.4, 0.5) is 20.7 Å². The largest absolute Gasteiger partial charge is 0.487 e. The number of anilines is 2. The summed E-state index contributed by atoms with van der Waals surface area (Å²) >= 11 is 7.91. The molecule has 3 aromatic carbocycles. The molecule has 3 aromatic heterocycles. The Hall–Kier alpha value is -6.18. The number of hydrogen-bond acceptors (Lipinski definition) is 9. The van der Waals surface area contributed by atoms with Gasteiger partial charge in [0.25, 0.3) is 0 Å². The van der Waals surface area contributed by atoms with E-state index in [1.807, 2.05) is 42.5 Å². The molecular weight excluding hydrogens is 789 g/mol. The van der Waals surface area contributed by atoms with Crippen molar-refractivity contribution in [2.75, 3.05) is 31.5 Å². The van der Waals surface area contributed by atoms with Crippen molar-refractivity contribution >= 4 is 69.1 Å². The van der Waals surface area contributed by atoms with Gasteiger partial charge in [0.05, 0.1) is 22.0 Å². The van der Waals surface area contributed by atoms with Crippen molar-refractivity contribution in [2.24, 2.45) is 5.92 Å². The molecule has 59 heavy (non-hydrogen) atoms. The van der Waals surface area contributed by atoms with Crippen LogP contribution >= 0.6 is 22.9 Å². The zero-order valence-electron chi connectivity index (χ0n) is 32.2. The molecule has 7 rings (SSSR count). The van der Waals surface area contributed by atoms with Gasteiger partial charge in [-0.2, -0.15) is 0 Å². The third kappa shape index (κ3) is 11.5. The van der Waals surface area contributed by atoms with Gasteiger partial charge in [0.2, 0.25) is 5.91 Å². The number of nitrogens with one attached hydrogen (secondary N) is 3. The van der Waals surface area contributed by atoms with Gasteiger partial charge in [-0.3, -0.25) is 14.6 Å². The summed E-state index contributed by atoms with van der Waals surface area (Å²) in [5.74, 6) is 0.975. The number of piperidine rings is 1. The summed E-state index contributed by atoms with van der Waals surface area (Å²) in [5, 5.41) is 10.2. The normalized spacial score (nSPS) is 13.1. The lowest BCUT2D eigenvalue weighted by molar-refractivity contribution is -0.116. The molecule has 3 N–H and O–H groups in total. The number of aromatic nitrogens is 3. The number of nitrogens with zero attached hydrogens (tertiary/aromatic N) is 4. The number of thiophene rings is 1. The van der Waals surface area contributed by atoms with Crippen LogP contribution in [0.5, 0.6) is 5.75 Å². The van der Waals surface area contributed by atoms with Crippen LogP contribution in [-0.2, 0) is 11.4 Å². The minimum atomic E-state index is -0.328. The average Bonchev–Trinajstić information content (AvgIpc) is 3.76. The molecule has 0 bridgehead atoms. The van der Waals surface area contributed by atoms with Crippen LogP contribution < -0.4 is 20.7 Å². The maximum Gasteiger partial charge on any atom is 0.317 e. The average molecular weight is 832 g/mol. The number of hydrogen-bond donors (Lipinski definition) is 3. The van der Waals surface area contributed by atoms with Gasteiger partial charge >= 0.3 is 6.03 Å². The van der Waals surface area contributed by atoms with Crippen LogP contribution in [0.3, 0.4) is 0 Å². The number of carbonyl (C=O) groups is 3. The number of ketones is 1. The van der Waals surface area contributed by atoms with Gasteiger partial charge in [-0.15, -0.1) is 11.3 Å². The van der Waals surface area contributed by atoms with Gasteiger partial charge in [-0.25, -0.2) is 19.2 Å². The maximum absolute atomic E-state index is 13.6. The van der Waals surface area contributed by atoms with Crippen molar-refractivity contribution in [3.05, 3.63) is 137 Å². The number of pyridine rings is 1. The highest BCUT2D eigenvalue weighted by Crippen LogP contribution is 2.34. The second kappa shape index (κ2) is 20.0. The molecule has 302 valence electrons. The van der Waals surface area contributed by atoms with Gasteiger partial charge in [0.1, 0.15) is 30.3 Å². The zero-order valence-corrected chi connectivity index (χ0v) is 33.8. The molecule has 1 fully saturated rings. The summed E-state index contributed by atoms with van der Waals surface area (Å²) in [5.41, 5.74) is 3.89. The first-order chi connectivity index (χ1) is 28.8. The Labute approximate surface area is 350 Å². The van der Waals surface area contributed by atoms with E-state index in [9.17, 15) is 18.8 Å². The highest BCUT2D eigenvalue weighted by atomic mass is 35.5. The van der Waals surface area contributed by atoms with Crippen molar-refractivity contribution in [1.29, 1.82) is 0 Å². The maximum atomic E-state index is 13.6. The molecule has 0 spiro atoms. The SMILES string of the molecule is O=C(/C=C/c1cccnc1)NCCCCC1CCN(C(=O)NCC(=O)c2ccc(-c3ccc4ncnc(Nc5ccc(OCc6cccc(F)c6)c(Cl)c5)c4c3)s2)CC1. The molecule has 0 atom stereocenters. The van der Waals surface area contributed by atoms with Crippen LogP contribution in [0.25, 0.3) is 27.4 Å². The summed E-state index contributed by atoms with van der Waals surface area (Å²) in [6.07, 6.45) is 12.9. The number of carbonyl (C=O) groups excluding carboxylic acids is 3. The number of urea groups is 1. The summed E-state index contributed by atoms with van der Waals surface area (Å²) in [4.78, 5) is 54.4. The Morgan fingerprint density at radius 3 is 2.64 bits per heavy atom. The number of ether oxygens (including phenoxy) is 1. The molecule has 0 unspecified atom stereocenters. The van der Waals surface area contributed by atoms with E-state index in [4.69, 9.17) is 16.3 Å². The summed E-state index contributed by atoms with van der Waals surface area (Å²) in [6, 6.07) is 24.5. The number of benzene rings is 3. The molecule has 14 heteroatoms. The Kier molecular flexibility index (Phi) is 13.9. The van der Waals surface area contributed by atoms with Gasteiger partial charge < -0.3 is 25.6 Å². The fourth-order valence-corrected chi connectivity index (χ4v) is 8.00. The second-order valence-corrected chi connectivity index (χ2v) is 15.7. The number of Topliss-reactive ketones (excluding diaryl/α,β-unsaturated/α-hetero) is 1. The predicted molar refractivity (Wildman–Crippen MR) is 230 cm³/mol. The van der Waals surface area contributed by atoms with Crippen molar-refractivity contribution in [3.8, 4) is 16.2 Å². The van der Waals surface area contributed by atoms with E-state index >= 15 is 0 Å². The Balaban J connectivity index is 0.852. The molecule has 0 aliphatic carbocycles. The van der Waals surface area contributed by atoms with Gasteiger partial charge in [-0.05, 0) is 109 Å². The predicted octanol–water partition coefficient (Wildman–Crippen LogP) is 9.47. The van der Waals surface area contributed by atoms with Crippen molar-refractivity contribution in [3.63, 3.8) is 0 Å². The molecule has 3 amide bonds. The fraction of sp³-hybridized carbons (Fsp3) is 0.244. The number of likely N-dealkylation sites (tertiary alicyclic amines) is 1. The van der Waals surface area contributed by atoms with Crippen molar-refractivity contribution in [1.82, 2.24) is 30.5 Å². The monoisotopic (exact) mass is 831 g/mol. The third-order valence-electron chi connectivity index (χ3n) is 10.0. The number of fused-ring (bicyclic) bond motifs is 1. The number of unbranched alkanes of at least 4 members (excludes halogenated alkanes) is 1. The third-order valence-corrected chi connectivity index (χ3v) is 11.5.